The summed E-state index contributed by atoms with van der Waals surface area (Å²) >= 11 is 5.84. The highest BCUT2D eigenvalue weighted by molar-refractivity contribution is 6.31. The first-order valence-electron chi connectivity index (χ1n) is 6.47. The number of carbonyl (C=O) groups excluding carboxylic acids is 2. The largest absolute Gasteiger partial charge is 0.481 e. The fourth-order valence-electron chi connectivity index (χ4n) is 1.71. The molecule has 1 aromatic carbocycles. The first kappa shape index (κ1) is 17.0. The van der Waals surface area contributed by atoms with Crippen molar-refractivity contribution in [2.75, 3.05) is 11.9 Å². The number of amides is 2. The van der Waals surface area contributed by atoms with Crippen LogP contribution in [0.2, 0.25) is 5.02 Å². The smallest absolute Gasteiger partial charge is 0.303 e. The zero-order valence-corrected chi connectivity index (χ0v) is 12.4. The monoisotopic (exact) mass is 312 g/mol. The third-order valence-corrected chi connectivity index (χ3v) is 2.88. The quantitative estimate of drug-likeness (QED) is 0.673. The number of anilines is 1. The van der Waals surface area contributed by atoms with E-state index in [1.165, 1.54) is 19.1 Å². The van der Waals surface area contributed by atoms with Gasteiger partial charge in [0.1, 0.15) is 0 Å². The van der Waals surface area contributed by atoms with E-state index in [0.29, 0.717) is 35.7 Å². The van der Waals surface area contributed by atoms with Crippen molar-refractivity contribution in [1.29, 1.82) is 0 Å². The Bertz CT molecular complexity index is 546. The maximum absolute atomic E-state index is 12.0. The van der Waals surface area contributed by atoms with E-state index in [-0.39, 0.29) is 18.2 Å². The lowest BCUT2D eigenvalue weighted by atomic mass is 10.1. The Hall–Kier alpha value is -2.08. The molecule has 1 aromatic rings. The lowest BCUT2D eigenvalue weighted by molar-refractivity contribution is -0.137. The number of carboxylic acids is 1. The summed E-state index contributed by atoms with van der Waals surface area (Å²) in [4.78, 5) is 33.5. The summed E-state index contributed by atoms with van der Waals surface area (Å²) in [5.41, 5.74) is 0.658. The number of aliphatic carboxylic acids is 1. The number of unbranched alkanes of at least 4 members (excludes halogenated alkanes) is 1. The summed E-state index contributed by atoms with van der Waals surface area (Å²) in [5.74, 6) is -1.49. The fraction of sp³-hybridized carbons (Fsp3) is 0.357. The topological polar surface area (TPSA) is 95.5 Å². The molecule has 0 radical (unpaired) electrons. The molecule has 114 valence electrons. The summed E-state index contributed by atoms with van der Waals surface area (Å²) in [6, 6.07) is 4.59. The van der Waals surface area contributed by atoms with E-state index in [2.05, 4.69) is 10.6 Å². The summed E-state index contributed by atoms with van der Waals surface area (Å²) in [7, 11) is 0. The van der Waals surface area contributed by atoms with Gasteiger partial charge < -0.3 is 15.7 Å². The Morgan fingerprint density at radius 2 is 1.95 bits per heavy atom. The van der Waals surface area contributed by atoms with Crippen LogP contribution in [0.3, 0.4) is 0 Å². The summed E-state index contributed by atoms with van der Waals surface area (Å²) in [6.07, 6.45) is 1.14. The first-order valence-corrected chi connectivity index (χ1v) is 6.85. The molecule has 2 amide bonds. The minimum Gasteiger partial charge on any atom is -0.481 e. The predicted octanol–water partition coefficient (Wildman–Crippen LogP) is 2.28. The zero-order valence-electron chi connectivity index (χ0n) is 11.6. The molecule has 0 spiro atoms. The van der Waals surface area contributed by atoms with Gasteiger partial charge in [0, 0.05) is 24.9 Å². The number of benzene rings is 1. The molecule has 0 saturated carbocycles. The van der Waals surface area contributed by atoms with Crippen molar-refractivity contribution < 1.29 is 19.5 Å². The van der Waals surface area contributed by atoms with Gasteiger partial charge in [-0.1, -0.05) is 11.6 Å². The van der Waals surface area contributed by atoms with Gasteiger partial charge in [-0.3, -0.25) is 14.4 Å². The molecule has 0 aromatic heterocycles. The van der Waals surface area contributed by atoms with Gasteiger partial charge in [0.25, 0.3) is 5.91 Å². The molecule has 0 heterocycles. The standard InChI is InChI=1S/C14H17ClN2O4/c1-9(18)17-12-8-10(15)5-6-11(12)14(21)16-7-3-2-4-13(19)20/h5-6,8H,2-4,7H2,1H3,(H,16,21)(H,17,18)(H,19,20). The second-order valence-electron chi connectivity index (χ2n) is 4.48. The molecule has 6 nitrogen and oxygen atoms in total. The van der Waals surface area contributed by atoms with Gasteiger partial charge in [-0.2, -0.15) is 0 Å². The van der Waals surface area contributed by atoms with Crippen LogP contribution in [0.4, 0.5) is 5.69 Å². The zero-order chi connectivity index (χ0) is 15.8. The number of nitrogens with one attached hydrogen (secondary N) is 2. The lowest BCUT2D eigenvalue weighted by Gasteiger charge is -2.11. The molecule has 21 heavy (non-hydrogen) atoms. The van der Waals surface area contributed by atoms with Crippen LogP contribution in [0.15, 0.2) is 18.2 Å². The highest BCUT2D eigenvalue weighted by Crippen LogP contribution is 2.21. The average Bonchev–Trinajstić information content (AvgIpc) is 2.37. The average molecular weight is 313 g/mol. The SMILES string of the molecule is CC(=O)Nc1cc(Cl)ccc1C(=O)NCCCCC(=O)O. The maximum atomic E-state index is 12.0. The molecule has 0 atom stereocenters. The minimum atomic E-state index is -0.855. The van der Waals surface area contributed by atoms with E-state index in [0.717, 1.165) is 0 Å². The van der Waals surface area contributed by atoms with Crippen LogP contribution in [0.1, 0.15) is 36.5 Å². The van der Waals surface area contributed by atoms with Crippen LogP contribution in [-0.4, -0.2) is 29.4 Å². The van der Waals surface area contributed by atoms with Crippen LogP contribution < -0.4 is 10.6 Å². The van der Waals surface area contributed by atoms with Crippen molar-refractivity contribution in [1.82, 2.24) is 5.32 Å². The number of halogens is 1. The van der Waals surface area contributed by atoms with Crippen molar-refractivity contribution in [2.45, 2.75) is 26.2 Å². The number of hydrogen-bond acceptors (Lipinski definition) is 3. The van der Waals surface area contributed by atoms with E-state index in [1.54, 1.807) is 6.07 Å². The molecule has 7 heteroatoms. The summed E-state index contributed by atoms with van der Waals surface area (Å²) < 4.78 is 0. The highest BCUT2D eigenvalue weighted by atomic mass is 35.5. The Morgan fingerprint density at radius 3 is 2.57 bits per heavy atom. The van der Waals surface area contributed by atoms with Crippen LogP contribution in [-0.2, 0) is 9.59 Å². The van der Waals surface area contributed by atoms with Gasteiger partial charge in [-0.15, -0.1) is 0 Å². The van der Waals surface area contributed by atoms with Gasteiger partial charge in [0.2, 0.25) is 5.91 Å². The Labute approximate surface area is 127 Å². The van der Waals surface area contributed by atoms with Gasteiger partial charge in [-0.25, -0.2) is 0 Å². The van der Waals surface area contributed by atoms with Gasteiger partial charge >= 0.3 is 5.97 Å². The van der Waals surface area contributed by atoms with E-state index in [1.807, 2.05) is 0 Å². The molecule has 0 unspecified atom stereocenters. The number of rotatable bonds is 7. The molecule has 0 bridgehead atoms. The van der Waals surface area contributed by atoms with Gasteiger partial charge in [-0.05, 0) is 31.0 Å². The van der Waals surface area contributed by atoms with Gasteiger partial charge in [0.05, 0.1) is 11.3 Å². The Morgan fingerprint density at radius 1 is 1.24 bits per heavy atom. The van der Waals surface area contributed by atoms with Crippen molar-refractivity contribution >= 4 is 35.1 Å². The molecule has 0 aliphatic heterocycles. The van der Waals surface area contributed by atoms with Crippen molar-refractivity contribution in [3.8, 4) is 0 Å². The Balaban J connectivity index is 2.60. The molecular formula is C14H17ClN2O4. The van der Waals surface area contributed by atoms with Crippen LogP contribution in [0, 0.1) is 0 Å². The number of hydrogen-bond donors (Lipinski definition) is 3. The second-order valence-corrected chi connectivity index (χ2v) is 4.91. The van der Waals surface area contributed by atoms with Crippen molar-refractivity contribution in [2.24, 2.45) is 0 Å². The second kappa shape index (κ2) is 8.26. The van der Waals surface area contributed by atoms with Gasteiger partial charge in [0.15, 0.2) is 0 Å². The maximum Gasteiger partial charge on any atom is 0.303 e. The molecule has 0 aliphatic carbocycles. The van der Waals surface area contributed by atoms with E-state index in [9.17, 15) is 14.4 Å². The molecule has 3 N–H and O–H groups in total. The Kier molecular flexibility index (Phi) is 6.68. The van der Waals surface area contributed by atoms with Crippen LogP contribution >= 0.6 is 11.6 Å². The van der Waals surface area contributed by atoms with E-state index < -0.39 is 5.97 Å². The fourth-order valence-corrected chi connectivity index (χ4v) is 1.88. The number of carbonyl (C=O) groups is 3. The predicted molar refractivity (Wildman–Crippen MR) is 79.6 cm³/mol. The van der Waals surface area contributed by atoms with Crippen LogP contribution in [0.5, 0.6) is 0 Å². The number of carboxylic acid groups (broad SMARTS) is 1. The lowest BCUT2D eigenvalue weighted by Crippen LogP contribution is -2.26. The van der Waals surface area contributed by atoms with Crippen molar-refractivity contribution in [3.05, 3.63) is 28.8 Å². The molecule has 0 fully saturated rings. The third kappa shape index (κ3) is 6.27. The molecule has 0 aliphatic rings. The summed E-state index contributed by atoms with van der Waals surface area (Å²) in [5, 5.41) is 14.1. The molecule has 0 saturated heterocycles. The summed E-state index contributed by atoms with van der Waals surface area (Å²) in [6.45, 7) is 1.71. The first-order chi connectivity index (χ1) is 9.90. The minimum absolute atomic E-state index is 0.0773. The third-order valence-electron chi connectivity index (χ3n) is 2.64. The normalized spacial score (nSPS) is 10.0. The molecular weight excluding hydrogens is 296 g/mol. The van der Waals surface area contributed by atoms with Crippen molar-refractivity contribution in [3.63, 3.8) is 0 Å². The molecule has 1 rings (SSSR count). The van der Waals surface area contributed by atoms with Crippen LogP contribution in [0.25, 0.3) is 0 Å². The highest BCUT2D eigenvalue weighted by Gasteiger charge is 2.12. The van der Waals surface area contributed by atoms with E-state index in [4.69, 9.17) is 16.7 Å². The van der Waals surface area contributed by atoms with E-state index >= 15 is 0 Å².